The monoisotopic (exact) mass is 151 g/mol. The van der Waals surface area contributed by atoms with Gasteiger partial charge in [0.25, 0.3) is 0 Å². The number of hydrogen-bond donors (Lipinski definition) is 1. The van der Waals surface area contributed by atoms with E-state index in [0.717, 1.165) is 5.56 Å². The van der Waals surface area contributed by atoms with E-state index in [1.54, 1.807) is 6.20 Å². The molecule has 0 atom stereocenters. The highest BCUT2D eigenvalue weighted by Crippen LogP contribution is 2.24. The summed E-state index contributed by atoms with van der Waals surface area (Å²) in [4.78, 5) is 0. The highest BCUT2D eigenvalue weighted by molar-refractivity contribution is 5.41. The lowest BCUT2D eigenvalue weighted by molar-refractivity contribution is 0.588. The van der Waals surface area contributed by atoms with Gasteiger partial charge in [-0.3, -0.25) is 0 Å². The number of nitrogen functional groups attached to an aromatic ring is 1. The Balaban J connectivity index is 3.14. The molecule has 1 heterocycles. The Hall–Kier alpha value is -1.12. The summed E-state index contributed by atoms with van der Waals surface area (Å²) in [5.41, 5.74) is 6.74. The summed E-state index contributed by atoms with van der Waals surface area (Å²) >= 11 is 0. The van der Waals surface area contributed by atoms with E-state index in [4.69, 9.17) is 5.73 Å². The third-order valence-electron chi connectivity index (χ3n) is 1.56. The SMILES string of the molecule is CC(C)(C)c1ccnnc1N. The molecule has 1 aromatic rings. The van der Waals surface area contributed by atoms with E-state index in [-0.39, 0.29) is 5.41 Å². The number of nitrogens with two attached hydrogens (primary N) is 1. The van der Waals surface area contributed by atoms with E-state index in [1.807, 2.05) is 6.07 Å². The van der Waals surface area contributed by atoms with Crippen LogP contribution in [0.5, 0.6) is 0 Å². The van der Waals surface area contributed by atoms with Crippen molar-refractivity contribution in [3.63, 3.8) is 0 Å². The van der Waals surface area contributed by atoms with Crippen molar-refractivity contribution in [3.8, 4) is 0 Å². The number of hydrogen-bond acceptors (Lipinski definition) is 3. The van der Waals surface area contributed by atoms with E-state index in [1.165, 1.54) is 0 Å². The molecule has 0 saturated heterocycles. The van der Waals surface area contributed by atoms with Crippen LogP contribution in [0.15, 0.2) is 12.3 Å². The second-order valence-electron chi connectivity index (χ2n) is 3.58. The Morgan fingerprint density at radius 2 is 2.00 bits per heavy atom. The summed E-state index contributed by atoms with van der Waals surface area (Å²) < 4.78 is 0. The molecule has 3 nitrogen and oxygen atoms in total. The van der Waals surface area contributed by atoms with Gasteiger partial charge in [0.15, 0.2) is 0 Å². The molecule has 0 amide bonds. The molecule has 0 aliphatic heterocycles. The third kappa shape index (κ3) is 1.67. The number of aromatic nitrogens is 2. The van der Waals surface area contributed by atoms with Crippen molar-refractivity contribution < 1.29 is 0 Å². The maximum Gasteiger partial charge on any atom is 0.149 e. The normalized spacial score (nSPS) is 11.5. The third-order valence-corrected chi connectivity index (χ3v) is 1.56. The maximum absolute atomic E-state index is 5.63. The molecule has 0 unspecified atom stereocenters. The molecule has 0 fully saturated rings. The first-order valence-electron chi connectivity index (χ1n) is 3.59. The molecule has 0 aliphatic rings. The molecule has 0 spiro atoms. The van der Waals surface area contributed by atoms with Crippen LogP contribution in [0.2, 0.25) is 0 Å². The van der Waals surface area contributed by atoms with E-state index >= 15 is 0 Å². The quantitative estimate of drug-likeness (QED) is 0.609. The van der Waals surface area contributed by atoms with E-state index in [9.17, 15) is 0 Å². The average molecular weight is 151 g/mol. The van der Waals surface area contributed by atoms with E-state index < -0.39 is 0 Å². The van der Waals surface area contributed by atoms with Crippen LogP contribution in [0, 0.1) is 0 Å². The zero-order valence-electron chi connectivity index (χ0n) is 7.13. The predicted octanol–water partition coefficient (Wildman–Crippen LogP) is 1.36. The van der Waals surface area contributed by atoms with Gasteiger partial charge in [0, 0.05) is 5.56 Å². The topological polar surface area (TPSA) is 51.8 Å². The van der Waals surface area contributed by atoms with Crippen molar-refractivity contribution in [2.24, 2.45) is 0 Å². The number of rotatable bonds is 0. The van der Waals surface area contributed by atoms with Crippen LogP contribution in [0.3, 0.4) is 0 Å². The second kappa shape index (κ2) is 2.49. The summed E-state index contributed by atoms with van der Waals surface area (Å²) in [5.74, 6) is 0.528. The van der Waals surface area contributed by atoms with Gasteiger partial charge in [-0.1, -0.05) is 20.8 Å². The van der Waals surface area contributed by atoms with Crippen LogP contribution < -0.4 is 5.73 Å². The molecule has 1 rings (SSSR count). The number of anilines is 1. The van der Waals surface area contributed by atoms with Gasteiger partial charge in [-0.15, -0.1) is 5.10 Å². The lowest BCUT2D eigenvalue weighted by Crippen LogP contribution is -2.15. The zero-order valence-corrected chi connectivity index (χ0v) is 7.13. The standard InChI is InChI=1S/C8H13N3/c1-8(2,3)6-4-5-10-11-7(6)9/h4-5H,1-3H3,(H2,9,11). The fourth-order valence-electron chi connectivity index (χ4n) is 0.977. The minimum Gasteiger partial charge on any atom is -0.382 e. The smallest absolute Gasteiger partial charge is 0.149 e. The van der Waals surface area contributed by atoms with Crippen molar-refractivity contribution >= 4 is 5.82 Å². The maximum atomic E-state index is 5.63. The van der Waals surface area contributed by atoms with Gasteiger partial charge in [-0.2, -0.15) is 5.10 Å². The van der Waals surface area contributed by atoms with Gasteiger partial charge in [0.05, 0.1) is 6.20 Å². The van der Waals surface area contributed by atoms with Crippen molar-refractivity contribution in [2.45, 2.75) is 26.2 Å². The second-order valence-corrected chi connectivity index (χ2v) is 3.58. The molecule has 0 aliphatic carbocycles. The van der Waals surface area contributed by atoms with E-state index in [2.05, 4.69) is 31.0 Å². The molecule has 0 radical (unpaired) electrons. The summed E-state index contributed by atoms with van der Waals surface area (Å²) in [6, 6.07) is 1.91. The van der Waals surface area contributed by atoms with Crippen molar-refractivity contribution in [1.29, 1.82) is 0 Å². The van der Waals surface area contributed by atoms with Gasteiger partial charge in [0.2, 0.25) is 0 Å². The fourth-order valence-corrected chi connectivity index (χ4v) is 0.977. The lowest BCUT2D eigenvalue weighted by Gasteiger charge is -2.19. The Labute approximate surface area is 66.6 Å². The summed E-state index contributed by atoms with van der Waals surface area (Å²) in [6.07, 6.45) is 1.66. The highest BCUT2D eigenvalue weighted by Gasteiger charge is 2.16. The Morgan fingerprint density at radius 1 is 1.36 bits per heavy atom. The van der Waals surface area contributed by atoms with Crippen LogP contribution in [-0.4, -0.2) is 10.2 Å². The van der Waals surface area contributed by atoms with Gasteiger partial charge in [-0.25, -0.2) is 0 Å². The molecule has 2 N–H and O–H groups in total. The molecule has 0 bridgehead atoms. The van der Waals surface area contributed by atoms with Crippen molar-refractivity contribution in [3.05, 3.63) is 17.8 Å². The largest absolute Gasteiger partial charge is 0.382 e. The summed E-state index contributed by atoms with van der Waals surface area (Å²) in [7, 11) is 0. The van der Waals surface area contributed by atoms with Gasteiger partial charge in [-0.05, 0) is 11.5 Å². The van der Waals surface area contributed by atoms with Crippen LogP contribution in [0.1, 0.15) is 26.3 Å². The highest BCUT2D eigenvalue weighted by atomic mass is 15.1. The molecule has 60 valence electrons. The molecule has 3 heteroatoms. The van der Waals surface area contributed by atoms with Crippen LogP contribution in [-0.2, 0) is 5.41 Å². The lowest BCUT2D eigenvalue weighted by atomic mass is 9.88. The predicted molar refractivity (Wildman–Crippen MR) is 45.1 cm³/mol. The van der Waals surface area contributed by atoms with Crippen LogP contribution >= 0.6 is 0 Å². The minimum absolute atomic E-state index is 0.0556. The first-order chi connectivity index (χ1) is 5.02. The molecule has 0 saturated carbocycles. The first-order valence-corrected chi connectivity index (χ1v) is 3.59. The molecular formula is C8H13N3. The molecule has 1 aromatic heterocycles. The van der Waals surface area contributed by atoms with Gasteiger partial charge in [0.1, 0.15) is 5.82 Å². The molecule has 0 aromatic carbocycles. The van der Waals surface area contributed by atoms with Crippen LogP contribution in [0.4, 0.5) is 5.82 Å². The van der Waals surface area contributed by atoms with E-state index in [0.29, 0.717) is 5.82 Å². The first kappa shape index (κ1) is 7.98. The fraction of sp³-hybridized carbons (Fsp3) is 0.500. The Morgan fingerprint density at radius 3 is 2.36 bits per heavy atom. The van der Waals surface area contributed by atoms with Gasteiger partial charge >= 0.3 is 0 Å². The zero-order chi connectivity index (χ0) is 8.48. The minimum atomic E-state index is 0.0556. The van der Waals surface area contributed by atoms with Crippen LogP contribution in [0.25, 0.3) is 0 Å². The van der Waals surface area contributed by atoms with Crippen molar-refractivity contribution in [1.82, 2.24) is 10.2 Å². The molecular weight excluding hydrogens is 138 g/mol. The summed E-state index contributed by atoms with van der Waals surface area (Å²) in [5, 5.41) is 7.46. The van der Waals surface area contributed by atoms with Gasteiger partial charge < -0.3 is 5.73 Å². The summed E-state index contributed by atoms with van der Waals surface area (Å²) in [6.45, 7) is 6.29. The Kier molecular flexibility index (Phi) is 1.81. The van der Waals surface area contributed by atoms with Crippen molar-refractivity contribution in [2.75, 3.05) is 5.73 Å². The molecule has 11 heavy (non-hydrogen) atoms. The average Bonchev–Trinajstić information content (AvgIpc) is 1.86. The number of nitrogens with zero attached hydrogens (tertiary/aromatic N) is 2. The Bertz CT molecular complexity index is 250.